The van der Waals surface area contributed by atoms with Crippen molar-refractivity contribution in [3.05, 3.63) is 29.8 Å². The number of carbonyl (C=O) groups is 1. The minimum Gasteiger partial charge on any atom is -0.378 e. The lowest BCUT2D eigenvalue weighted by Gasteiger charge is -2.30. The minimum absolute atomic E-state index is 0.0523. The molecule has 1 saturated heterocycles. The zero-order valence-corrected chi connectivity index (χ0v) is 12.7. The molecular weight excluding hydrogens is 292 g/mol. The Morgan fingerprint density at radius 2 is 2.00 bits per heavy atom. The molecule has 2 rings (SSSR count). The van der Waals surface area contributed by atoms with Crippen molar-refractivity contribution in [1.29, 1.82) is 5.26 Å². The molecule has 0 N–H and O–H groups in total. The summed E-state index contributed by atoms with van der Waals surface area (Å²) in [5, 5.41) is 9.33. The Balaban J connectivity index is 2.37. The summed E-state index contributed by atoms with van der Waals surface area (Å²) in [5.41, 5.74) is -0.728. The zero-order valence-electron chi connectivity index (χ0n) is 11.9. The zero-order chi connectivity index (χ0) is 15.7. The van der Waals surface area contributed by atoms with Crippen LogP contribution in [0.3, 0.4) is 0 Å². The lowest BCUT2D eigenvalue weighted by atomic mass is 10.0. The molecule has 0 radical (unpaired) electrons. The molecule has 1 aromatic rings. The number of rotatable bonds is 4. The maximum Gasteiger partial charge on any atom is 0.244 e. The van der Waals surface area contributed by atoms with E-state index in [4.69, 9.17) is 4.74 Å². The van der Waals surface area contributed by atoms with Gasteiger partial charge < -0.3 is 4.74 Å². The number of Topliss-reactive ketones (excluding diaryl/α,β-unsaturated/α-hetero) is 1. The van der Waals surface area contributed by atoms with E-state index in [0.717, 1.165) is 4.31 Å². The first-order valence-corrected chi connectivity index (χ1v) is 7.86. The van der Waals surface area contributed by atoms with Crippen LogP contribution in [0.5, 0.6) is 0 Å². The molecule has 6 nitrogen and oxygen atoms in total. The third-order valence-electron chi connectivity index (χ3n) is 3.73. The Morgan fingerprint density at radius 1 is 1.38 bits per heavy atom. The number of carbonyl (C=O) groups excluding carboxylic acids is 1. The van der Waals surface area contributed by atoms with Gasteiger partial charge in [-0.15, -0.1) is 0 Å². The molecule has 0 aliphatic carbocycles. The molecular formula is C14H16N2O4S. The predicted octanol–water partition coefficient (Wildman–Crippen LogP) is 1.19. The van der Waals surface area contributed by atoms with Crippen molar-refractivity contribution in [3.8, 4) is 6.07 Å². The molecule has 0 spiro atoms. The minimum atomic E-state index is -3.82. The van der Waals surface area contributed by atoms with Crippen LogP contribution in [-0.2, 0) is 14.8 Å². The topological polar surface area (TPSA) is 87.5 Å². The summed E-state index contributed by atoms with van der Waals surface area (Å²) in [5.74, 6) is -0.134. The van der Waals surface area contributed by atoms with Gasteiger partial charge in [0, 0.05) is 25.6 Å². The Labute approximate surface area is 124 Å². The average molecular weight is 308 g/mol. The van der Waals surface area contributed by atoms with Crippen LogP contribution < -0.4 is 0 Å². The molecule has 0 bridgehead atoms. The second kappa shape index (κ2) is 5.56. The molecule has 0 amide bonds. The van der Waals surface area contributed by atoms with Gasteiger partial charge in [0.1, 0.15) is 5.54 Å². The summed E-state index contributed by atoms with van der Waals surface area (Å²) in [4.78, 5) is 11.3. The number of sulfonamides is 1. The van der Waals surface area contributed by atoms with Crippen molar-refractivity contribution >= 4 is 15.8 Å². The highest BCUT2D eigenvalue weighted by Gasteiger charge is 2.45. The van der Waals surface area contributed by atoms with Gasteiger partial charge in [-0.1, -0.05) is 12.1 Å². The van der Waals surface area contributed by atoms with Gasteiger partial charge >= 0.3 is 0 Å². The summed E-state index contributed by atoms with van der Waals surface area (Å²) >= 11 is 0. The summed E-state index contributed by atoms with van der Waals surface area (Å²) in [6, 6.07) is 7.74. The van der Waals surface area contributed by atoms with E-state index in [2.05, 4.69) is 6.07 Å². The highest BCUT2D eigenvalue weighted by molar-refractivity contribution is 7.89. The standard InChI is InChI=1S/C14H16N2O4S/c1-11(17)12-3-5-13(6-4-12)21(18,19)16(2)14(9-15)7-8-20-10-14/h3-6H,7-8,10H2,1-2H3. The number of likely N-dealkylation sites (N-methyl/N-ethyl adjacent to an activating group) is 1. The first-order chi connectivity index (χ1) is 9.83. The van der Waals surface area contributed by atoms with Gasteiger partial charge in [-0.05, 0) is 19.1 Å². The third kappa shape index (κ3) is 2.70. The number of nitriles is 1. The van der Waals surface area contributed by atoms with Gasteiger partial charge in [0.05, 0.1) is 17.6 Å². The maximum atomic E-state index is 12.6. The van der Waals surface area contributed by atoms with Crippen LogP contribution in [0.1, 0.15) is 23.7 Å². The van der Waals surface area contributed by atoms with Gasteiger partial charge in [0.15, 0.2) is 5.78 Å². The molecule has 21 heavy (non-hydrogen) atoms. The molecule has 1 fully saturated rings. The Morgan fingerprint density at radius 3 is 2.43 bits per heavy atom. The van der Waals surface area contributed by atoms with Gasteiger partial charge in [0.2, 0.25) is 10.0 Å². The first-order valence-electron chi connectivity index (χ1n) is 6.42. The van der Waals surface area contributed by atoms with E-state index in [0.29, 0.717) is 18.6 Å². The number of ether oxygens (including phenoxy) is 1. The number of nitrogens with zero attached hydrogens (tertiary/aromatic N) is 2. The van der Waals surface area contributed by atoms with Crippen molar-refractivity contribution in [2.45, 2.75) is 23.8 Å². The van der Waals surface area contributed by atoms with Crippen molar-refractivity contribution in [2.75, 3.05) is 20.3 Å². The molecule has 7 heteroatoms. The normalized spacial score (nSPS) is 22.2. The fourth-order valence-corrected chi connectivity index (χ4v) is 3.65. The fraction of sp³-hybridized carbons (Fsp3) is 0.429. The highest BCUT2D eigenvalue weighted by atomic mass is 32.2. The summed E-state index contributed by atoms with van der Waals surface area (Å²) in [7, 11) is -2.43. The lowest BCUT2D eigenvalue weighted by molar-refractivity contribution is 0.101. The number of ketones is 1. The van der Waals surface area contributed by atoms with Crippen LogP contribution in [0.2, 0.25) is 0 Å². The third-order valence-corrected chi connectivity index (χ3v) is 5.67. The molecule has 1 aromatic carbocycles. The highest BCUT2D eigenvalue weighted by Crippen LogP contribution is 2.29. The SMILES string of the molecule is CC(=O)c1ccc(S(=O)(=O)N(C)C2(C#N)CCOC2)cc1. The summed E-state index contributed by atoms with van der Waals surface area (Å²) in [6.07, 6.45) is 0.338. The van der Waals surface area contributed by atoms with Crippen LogP contribution in [0.25, 0.3) is 0 Å². The van der Waals surface area contributed by atoms with E-state index in [9.17, 15) is 18.5 Å². The predicted molar refractivity (Wildman–Crippen MR) is 75.2 cm³/mol. The summed E-state index contributed by atoms with van der Waals surface area (Å²) < 4.78 is 31.4. The Kier molecular flexibility index (Phi) is 4.14. The van der Waals surface area contributed by atoms with Gasteiger partial charge in [-0.3, -0.25) is 4.79 Å². The van der Waals surface area contributed by atoms with Gasteiger partial charge in [-0.25, -0.2) is 8.42 Å². The van der Waals surface area contributed by atoms with Crippen LogP contribution >= 0.6 is 0 Å². The van der Waals surface area contributed by atoms with Crippen LogP contribution in [0.4, 0.5) is 0 Å². The second-order valence-corrected chi connectivity index (χ2v) is 6.97. The second-order valence-electron chi connectivity index (χ2n) is 5.00. The number of hydrogen-bond acceptors (Lipinski definition) is 5. The van der Waals surface area contributed by atoms with Crippen LogP contribution in [0.15, 0.2) is 29.2 Å². The monoisotopic (exact) mass is 308 g/mol. The van der Waals surface area contributed by atoms with E-state index in [1.54, 1.807) is 0 Å². The quantitative estimate of drug-likeness (QED) is 0.780. The molecule has 1 heterocycles. The van der Waals surface area contributed by atoms with Gasteiger partial charge in [-0.2, -0.15) is 9.57 Å². The summed E-state index contributed by atoms with van der Waals surface area (Å²) in [6.45, 7) is 1.83. The van der Waals surface area contributed by atoms with E-state index in [-0.39, 0.29) is 17.3 Å². The van der Waals surface area contributed by atoms with E-state index in [1.807, 2.05) is 0 Å². The van der Waals surface area contributed by atoms with Crippen LogP contribution in [-0.4, -0.2) is 44.3 Å². The van der Waals surface area contributed by atoms with Crippen molar-refractivity contribution in [3.63, 3.8) is 0 Å². The maximum absolute atomic E-state index is 12.6. The molecule has 1 aliphatic rings. The fourth-order valence-electron chi connectivity index (χ4n) is 2.21. The number of hydrogen-bond donors (Lipinski definition) is 0. The molecule has 112 valence electrons. The molecule has 1 aliphatic heterocycles. The van der Waals surface area contributed by atoms with Crippen LogP contribution in [0, 0.1) is 11.3 Å². The Hall–Kier alpha value is -1.75. The molecule has 1 atom stereocenters. The smallest absolute Gasteiger partial charge is 0.244 e. The largest absolute Gasteiger partial charge is 0.378 e. The molecule has 1 unspecified atom stereocenters. The van der Waals surface area contributed by atoms with Crippen molar-refractivity contribution in [1.82, 2.24) is 4.31 Å². The van der Waals surface area contributed by atoms with E-state index >= 15 is 0 Å². The van der Waals surface area contributed by atoms with Gasteiger partial charge in [0.25, 0.3) is 0 Å². The van der Waals surface area contributed by atoms with E-state index in [1.165, 1.54) is 38.2 Å². The molecule has 0 saturated carbocycles. The Bertz CT molecular complexity index is 683. The first kappa shape index (κ1) is 15.6. The number of benzene rings is 1. The average Bonchev–Trinajstić information content (AvgIpc) is 2.96. The molecule has 0 aromatic heterocycles. The lowest BCUT2D eigenvalue weighted by Crippen LogP contribution is -2.49. The van der Waals surface area contributed by atoms with Crippen molar-refractivity contribution < 1.29 is 17.9 Å². The van der Waals surface area contributed by atoms with E-state index < -0.39 is 15.6 Å². The van der Waals surface area contributed by atoms with Crippen molar-refractivity contribution in [2.24, 2.45) is 0 Å².